The van der Waals surface area contributed by atoms with E-state index in [1.54, 1.807) is 22.0 Å². The number of hydrogen-bond acceptors (Lipinski definition) is 4. The van der Waals surface area contributed by atoms with E-state index in [1.165, 1.54) is 12.1 Å². The maximum absolute atomic E-state index is 13.1. The van der Waals surface area contributed by atoms with Gasteiger partial charge in [0.1, 0.15) is 18.1 Å². The van der Waals surface area contributed by atoms with Crippen LogP contribution in [0.3, 0.4) is 0 Å². The van der Waals surface area contributed by atoms with Crippen molar-refractivity contribution in [3.05, 3.63) is 30.1 Å². The van der Waals surface area contributed by atoms with Crippen molar-refractivity contribution in [2.45, 2.75) is 31.8 Å². The summed E-state index contributed by atoms with van der Waals surface area (Å²) in [5, 5.41) is 15.0. The van der Waals surface area contributed by atoms with Gasteiger partial charge in [-0.2, -0.15) is 10.4 Å². The predicted octanol–water partition coefficient (Wildman–Crippen LogP) is 2.25. The third-order valence-electron chi connectivity index (χ3n) is 3.87. The summed E-state index contributed by atoms with van der Waals surface area (Å²) in [6.45, 7) is 0.627. The largest absolute Gasteiger partial charge is 0.314 e. The van der Waals surface area contributed by atoms with Crippen LogP contribution in [-0.2, 0) is 4.79 Å². The zero-order valence-corrected chi connectivity index (χ0v) is 11.5. The first-order valence-electron chi connectivity index (χ1n) is 7.05. The molecule has 6 heteroatoms. The molecule has 1 atom stereocenters. The summed E-state index contributed by atoms with van der Waals surface area (Å²) in [7, 11) is 0. The zero-order chi connectivity index (χ0) is 14.8. The summed E-state index contributed by atoms with van der Waals surface area (Å²) in [6.07, 6.45) is 3.59. The fourth-order valence-electron chi connectivity index (χ4n) is 2.83. The van der Waals surface area contributed by atoms with Gasteiger partial charge in [0.15, 0.2) is 0 Å². The molecule has 21 heavy (non-hydrogen) atoms. The number of halogens is 1. The summed E-state index contributed by atoms with van der Waals surface area (Å²) in [5.74, 6) is -0.628. The van der Waals surface area contributed by atoms with Crippen molar-refractivity contribution in [3.63, 3.8) is 0 Å². The van der Waals surface area contributed by atoms with Crippen LogP contribution in [0.2, 0.25) is 0 Å². The van der Waals surface area contributed by atoms with Gasteiger partial charge in [0.25, 0.3) is 5.91 Å². The number of nitrogens with zero attached hydrogens (tertiary/aromatic N) is 4. The van der Waals surface area contributed by atoms with E-state index in [1.807, 2.05) is 6.07 Å². The minimum Gasteiger partial charge on any atom is -0.314 e. The molecule has 0 radical (unpaired) electrons. The zero-order valence-electron chi connectivity index (χ0n) is 11.5. The number of nitriles is 1. The molecule has 3 rings (SSSR count). The topological polar surface area (TPSA) is 59.7 Å². The molecule has 0 aromatic heterocycles. The Morgan fingerprint density at radius 3 is 2.71 bits per heavy atom. The Bertz CT molecular complexity index is 620. The van der Waals surface area contributed by atoms with E-state index in [-0.39, 0.29) is 23.6 Å². The van der Waals surface area contributed by atoms with Crippen LogP contribution in [0.4, 0.5) is 10.1 Å². The molecule has 5 nitrogen and oxygen atoms in total. The lowest BCUT2D eigenvalue weighted by Gasteiger charge is -2.40. The monoisotopic (exact) mass is 286 g/mol. The van der Waals surface area contributed by atoms with Gasteiger partial charge in [0, 0.05) is 6.54 Å². The first kappa shape index (κ1) is 13.6. The first-order chi connectivity index (χ1) is 10.2. The molecule has 1 unspecified atom stereocenters. The van der Waals surface area contributed by atoms with Gasteiger partial charge in [-0.05, 0) is 43.5 Å². The van der Waals surface area contributed by atoms with Crippen LogP contribution in [0, 0.1) is 17.1 Å². The maximum atomic E-state index is 13.1. The van der Waals surface area contributed by atoms with Crippen LogP contribution in [0.15, 0.2) is 29.4 Å². The van der Waals surface area contributed by atoms with Gasteiger partial charge in [-0.1, -0.05) is 6.42 Å². The Morgan fingerprint density at radius 2 is 2.00 bits per heavy atom. The van der Waals surface area contributed by atoms with Gasteiger partial charge in [0.2, 0.25) is 5.71 Å². The summed E-state index contributed by atoms with van der Waals surface area (Å²) < 4.78 is 13.1. The fourth-order valence-corrected chi connectivity index (χ4v) is 2.83. The molecule has 2 heterocycles. The second kappa shape index (κ2) is 5.52. The van der Waals surface area contributed by atoms with E-state index in [0.717, 1.165) is 25.7 Å². The molecule has 1 aromatic rings. The minimum absolute atomic E-state index is 0.113. The lowest BCUT2D eigenvalue weighted by Crippen LogP contribution is -2.55. The number of rotatable bonds is 1. The summed E-state index contributed by atoms with van der Waals surface area (Å²) in [6, 6.07) is 7.81. The Labute approximate surface area is 122 Å². The van der Waals surface area contributed by atoms with Gasteiger partial charge < -0.3 is 4.90 Å². The number of fused-ring (bicyclic) bond motifs is 1. The average molecular weight is 286 g/mol. The van der Waals surface area contributed by atoms with E-state index >= 15 is 0 Å². The molecule has 2 aliphatic heterocycles. The number of amides is 1. The van der Waals surface area contributed by atoms with E-state index in [9.17, 15) is 9.18 Å². The molecule has 0 aliphatic carbocycles. The Hall–Kier alpha value is -2.42. The van der Waals surface area contributed by atoms with Crippen LogP contribution >= 0.6 is 0 Å². The fraction of sp³-hybridized carbons (Fsp3) is 0.400. The Kier molecular flexibility index (Phi) is 3.57. The van der Waals surface area contributed by atoms with Crippen molar-refractivity contribution in [3.8, 4) is 6.07 Å². The van der Waals surface area contributed by atoms with Crippen molar-refractivity contribution in [2.24, 2.45) is 5.10 Å². The van der Waals surface area contributed by atoms with Crippen LogP contribution in [-0.4, -0.2) is 29.2 Å². The van der Waals surface area contributed by atoms with Gasteiger partial charge in [-0.25, -0.2) is 9.40 Å². The molecule has 0 bridgehead atoms. The maximum Gasteiger partial charge on any atom is 0.286 e. The van der Waals surface area contributed by atoms with Crippen molar-refractivity contribution >= 4 is 17.3 Å². The predicted molar refractivity (Wildman–Crippen MR) is 75.9 cm³/mol. The molecule has 1 aromatic carbocycles. The minimum atomic E-state index is -0.325. The van der Waals surface area contributed by atoms with Crippen molar-refractivity contribution in [2.75, 3.05) is 11.6 Å². The van der Waals surface area contributed by atoms with Crippen LogP contribution < -0.4 is 5.01 Å². The Morgan fingerprint density at radius 1 is 1.24 bits per heavy atom. The highest BCUT2D eigenvalue weighted by molar-refractivity contribution is 6.45. The van der Waals surface area contributed by atoms with E-state index in [2.05, 4.69) is 5.10 Å². The van der Waals surface area contributed by atoms with E-state index in [4.69, 9.17) is 5.26 Å². The highest BCUT2D eigenvalue weighted by Crippen LogP contribution is 2.29. The number of carbonyl (C=O) groups excluding carboxylic acids is 1. The van der Waals surface area contributed by atoms with Gasteiger partial charge in [-0.15, -0.1) is 0 Å². The van der Waals surface area contributed by atoms with E-state index in [0.29, 0.717) is 12.2 Å². The first-order valence-corrected chi connectivity index (χ1v) is 7.05. The summed E-state index contributed by atoms with van der Waals surface area (Å²) >= 11 is 0. The second-order valence-corrected chi connectivity index (χ2v) is 5.21. The average Bonchev–Trinajstić information content (AvgIpc) is 2.75. The quantitative estimate of drug-likeness (QED) is 0.795. The highest BCUT2D eigenvalue weighted by Gasteiger charge is 2.37. The normalized spacial score (nSPS) is 22.2. The number of anilines is 1. The van der Waals surface area contributed by atoms with Crippen LogP contribution in [0.1, 0.15) is 25.7 Å². The van der Waals surface area contributed by atoms with Crippen LogP contribution in [0.25, 0.3) is 0 Å². The SMILES string of the molecule is N#CC1=NN(c2ccc(F)cc2)C2CCCCCN2C1=O. The third-order valence-corrected chi connectivity index (χ3v) is 3.87. The molecule has 2 aliphatic rings. The van der Waals surface area contributed by atoms with E-state index < -0.39 is 0 Å². The second-order valence-electron chi connectivity index (χ2n) is 5.21. The number of hydrazone groups is 1. The lowest BCUT2D eigenvalue weighted by molar-refractivity contribution is -0.126. The molecule has 0 N–H and O–H groups in total. The smallest absolute Gasteiger partial charge is 0.286 e. The van der Waals surface area contributed by atoms with Crippen LogP contribution in [0.5, 0.6) is 0 Å². The van der Waals surface area contributed by atoms with Gasteiger partial charge >= 0.3 is 0 Å². The van der Waals surface area contributed by atoms with Crippen molar-refractivity contribution in [1.82, 2.24) is 4.90 Å². The van der Waals surface area contributed by atoms with Gasteiger partial charge in [-0.3, -0.25) is 4.79 Å². The summed E-state index contributed by atoms with van der Waals surface area (Å²) in [4.78, 5) is 14.0. The summed E-state index contributed by atoms with van der Waals surface area (Å²) in [5.41, 5.74) is 0.575. The molecule has 1 fully saturated rings. The molecule has 108 valence electrons. The number of carbonyl (C=O) groups is 1. The molecular formula is C15H15FN4O. The van der Waals surface area contributed by atoms with Crippen molar-refractivity contribution in [1.29, 1.82) is 5.26 Å². The third kappa shape index (κ3) is 2.47. The van der Waals surface area contributed by atoms with Crippen molar-refractivity contribution < 1.29 is 9.18 Å². The standard InChI is InChI=1S/C15H15FN4O/c16-11-5-7-12(8-6-11)20-14-4-2-1-3-9-19(14)15(21)13(10-17)18-20/h5-8,14H,1-4,9H2. The Balaban J connectivity index is 2.03. The van der Waals surface area contributed by atoms with Gasteiger partial charge in [0.05, 0.1) is 5.69 Å². The number of hydrogen-bond donors (Lipinski definition) is 0. The lowest BCUT2D eigenvalue weighted by atomic mass is 10.1. The molecule has 0 saturated carbocycles. The molecule has 0 spiro atoms. The molecular weight excluding hydrogens is 271 g/mol. The highest BCUT2D eigenvalue weighted by atomic mass is 19.1. The molecule has 1 saturated heterocycles. The molecule has 1 amide bonds. The number of benzene rings is 1.